The lowest BCUT2D eigenvalue weighted by Gasteiger charge is -2.28. The normalized spacial score (nSPS) is 16.1. The molecule has 0 amide bonds. The van der Waals surface area contributed by atoms with Crippen molar-refractivity contribution in [2.24, 2.45) is 0 Å². The zero-order chi connectivity index (χ0) is 13.7. The number of nitrogens with zero attached hydrogens (tertiary/aromatic N) is 1. The third kappa shape index (κ3) is 4.20. The number of hydrogen-bond donors (Lipinski definition) is 1. The summed E-state index contributed by atoms with van der Waals surface area (Å²) in [5.74, 6) is 0. The number of benzene rings is 1. The minimum atomic E-state index is 0.584. The quantitative estimate of drug-likeness (QED) is 0.849. The van der Waals surface area contributed by atoms with Gasteiger partial charge in [0.15, 0.2) is 5.11 Å². The van der Waals surface area contributed by atoms with Crippen molar-refractivity contribution in [3.8, 4) is 0 Å². The maximum atomic E-state index is 5.51. The largest absolute Gasteiger partial charge is 0.360 e. The van der Waals surface area contributed by atoms with Gasteiger partial charge in [0.2, 0.25) is 0 Å². The summed E-state index contributed by atoms with van der Waals surface area (Å²) in [6, 6.07) is 9.08. The van der Waals surface area contributed by atoms with Gasteiger partial charge in [-0.1, -0.05) is 43.5 Å². The van der Waals surface area contributed by atoms with Crippen LogP contribution >= 0.6 is 12.2 Å². The highest BCUT2D eigenvalue weighted by Crippen LogP contribution is 2.18. The van der Waals surface area contributed by atoms with Crippen LogP contribution < -0.4 is 5.32 Å². The van der Waals surface area contributed by atoms with E-state index in [1.165, 1.54) is 43.2 Å². The molecule has 0 bridgehead atoms. The van der Waals surface area contributed by atoms with Gasteiger partial charge in [0.25, 0.3) is 0 Å². The molecule has 1 aliphatic carbocycles. The molecule has 0 atom stereocenters. The lowest BCUT2D eigenvalue weighted by molar-refractivity contribution is 0.392. The molecule has 19 heavy (non-hydrogen) atoms. The van der Waals surface area contributed by atoms with E-state index in [4.69, 9.17) is 12.2 Å². The SMILES string of the molecule is Cc1ccccc1CN(C)C(=S)NC1CCCCC1. The molecule has 1 aromatic carbocycles. The number of rotatable bonds is 3. The number of nitrogens with one attached hydrogen (secondary N) is 1. The Morgan fingerprint density at radius 3 is 2.63 bits per heavy atom. The molecule has 1 saturated carbocycles. The van der Waals surface area contributed by atoms with E-state index < -0.39 is 0 Å². The van der Waals surface area contributed by atoms with Crippen molar-refractivity contribution >= 4 is 17.3 Å². The molecule has 0 unspecified atom stereocenters. The summed E-state index contributed by atoms with van der Waals surface area (Å²) in [5.41, 5.74) is 2.67. The van der Waals surface area contributed by atoms with E-state index in [2.05, 4.69) is 48.5 Å². The van der Waals surface area contributed by atoms with E-state index in [0.717, 1.165) is 11.7 Å². The van der Waals surface area contributed by atoms with Gasteiger partial charge in [-0.15, -0.1) is 0 Å². The molecule has 1 fully saturated rings. The van der Waals surface area contributed by atoms with Crippen LogP contribution in [0.5, 0.6) is 0 Å². The van der Waals surface area contributed by atoms with Crippen LogP contribution in [-0.4, -0.2) is 23.1 Å². The summed E-state index contributed by atoms with van der Waals surface area (Å²) in [7, 11) is 2.07. The molecule has 0 saturated heterocycles. The Labute approximate surface area is 122 Å². The highest BCUT2D eigenvalue weighted by atomic mass is 32.1. The van der Waals surface area contributed by atoms with Crippen molar-refractivity contribution in [3.05, 3.63) is 35.4 Å². The first kappa shape index (κ1) is 14.3. The summed E-state index contributed by atoms with van der Waals surface area (Å²) in [4.78, 5) is 2.15. The lowest BCUT2D eigenvalue weighted by Crippen LogP contribution is -2.43. The standard InChI is InChI=1S/C16H24N2S/c1-13-8-6-7-9-14(13)12-18(2)16(19)17-15-10-4-3-5-11-15/h6-9,15H,3-5,10-12H2,1-2H3,(H,17,19). The van der Waals surface area contributed by atoms with Gasteiger partial charge in [-0.2, -0.15) is 0 Å². The van der Waals surface area contributed by atoms with Gasteiger partial charge in [-0.25, -0.2) is 0 Å². The van der Waals surface area contributed by atoms with Crippen LogP contribution in [0, 0.1) is 6.92 Å². The Kier molecular flexibility index (Phi) is 5.20. The van der Waals surface area contributed by atoms with Crippen molar-refractivity contribution in [2.45, 2.75) is 51.6 Å². The second kappa shape index (κ2) is 6.90. The Bertz CT molecular complexity index is 425. The van der Waals surface area contributed by atoms with Gasteiger partial charge in [-0.05, 0) is 43.1 Å². The summed E-state index contributed by atoms with van der Waals surface area (Å²) in [5, 5.41) is 4.40. The minimum absolute atomic E-state index is 0.584. The molecular formula is C16H24N2S. The van der Waals surface area contributed by atoms with E-state index in [0.29, 0.717) is 6.04 Å². The zero-order valence-electron chi connectivity index (χ0n) is 12.0. The molecule has 1 N–H and O–H groups in total. The van der Waals surface area contributed by atoms with Crippen LogP contribution in [0.3, 0.4) is 0 Å². The van der Waals surface area contributed by atoms with Crippen LogP contribution in [0.4, 0.5) is 0 Å². The fraction of sp³-hybridized carbons (Fsp3) is 0.562. The molecule has 0 aromatic heterocycles. The predicted molar refractivity (Wildman–Crippen MR) is 85.3 cm³/mol. The van der Waals surface area contributed by atoms with Gasteiger partial charge in [0, 0.05) is 19.6 Å². The van der Waals surface area contributed by atoms with Crippen LogP contribution in [-0.2, 0) is 6.54 Å². The topological polar surface area (TPSA) is 15.3 Å². The van der Waals surface area contributed by atoms with Gasteiger partial charge < -0.3 is 10.2 Å². The minimum Gasteiger partial charge on any atom is -0.360 e. The molecule has 0 radical (unpaired) electrons. The first-order chi connectivity index (χ1) is 9.16. The second-order valence-corrected chi connectivity index (χ2v) is 5.95. The van der Waals surface area contributed by atoms with Gasteiger partial charge in [0.1, 0.15) is 0 Å². The maximum Gasteiger partial charge on any atom is 0.169 e. The average Bonchev–Trinajstić information content (AvgIpc) is 2.42. The fourth-order valence-corrected chi connectivity index (χ4v) is 2.88. The van der Waals surface area contributed by atoms with E-state index in [1.807, 2.05) is 0 Å². The molecule has 1 aromatic rings. The van der Waals surface area contributed by atoms with Crippen molar-refractivity contribution in [1.82, 2.24) is 10.2 Å². The molecule has 0 heterocycles. The molecule has 2 nitrogen and oxygen atoms in total. The predicted octanol–water partition coefficient (Wildman–Crippen LogP) is 3.63. The molecule has 0 spiro atoms. The molecule has 1 aliphatic rings. The van der Waals surface area contributed by atoms with Crippen LogP contribution in [0.25, 0.3) is 0 Å². The first-order valence-corrected chi connectivity index (χ1v) is 7.64. The molecule has 104 valence electrons. The summed E-state index contributed by atoms with van der Waals surface area (Å²) in [6.07, 6.45) is 6.57. The second-order valence-electron chi connectivity index (χ2n) is 5.57. The smallest absolute Gasteiger partial charge is 0.169 e. The third-order valence-corrected chi connectivity index (χ3v) is 4.38. The summed E-state index contributed by atoms with van der Waals surface area (Å²) >= 11 is 5.51. The van der Waals surface area contributed by atoms with E-state index >= 15 is 0 Å². The van der Waals surface area contributed by atoms with Crippen LogP contribution in [0.1, 0.15) is 43.2 Å². The van der Waals surface area contributed by atoms with Crippen molar-refractivity contribution in [1.29, 1.82) is 0 Å². The highest BCUT2D eigenvalue weighted by molar-refractivity contribution is 7.80. The lowest BCUT2D eigenvalue weighted by atomic mass is 9.96. The molecule has 0 aliphatic heterocycles. The van der Waals surface area contributed by atoms with E-state index in [-0.39, 0.29) is 0 Å². The first-order valence-electron chi connectivity index (χ1n) is 7.23. The maximum absolute atomic E-state index is 5.51. The Balaban J connectivity index is 1.87. The van der Waals surface area contributed by atoms with E-state index in [1.54, 1.807) is 0 Å². The monoisotopic (exact) mass is 276 g/mol. The number of aryl methyl sites for hydroxylation is 1. The average molecular weight is 276 g/mol. The Hall–Kier alpha value is -1.09. The molecule has 3 heteroatoms. The molecule has 2 rings (SSSR count). The van der Waals surface area contributed by atoms with Crippen molar-refractivity contribution in [2.75, 3.05) is 7.05 Å². The third-order valence-electron chi connectivity index (χ3n) is 3.95. The van der Waals surface area contributed by atoms with E-state index in [9.17, 15) is 0 Å². The molecular weight excluding hydrogens is 252 g/mol. The summed E-state index contributed by atoms with van der Waals surface area (Å²) in [6.45, 7) is 3.03. The van der Waals surface area contributed by atoms with Crippen molar-refractivity contribution < 1.29 is 0 Å². The number of thiocarbonyl (C=S) groups is 1. The van der Waals surface area contributed by atoms with Crippen LogP contribution in [0.15, 0.2) is 24.3 Å². The fourth-order valence-electron chi connectivity index (χ4n) is 2.65. The highest BCUT2D eigenvalue weighted by Gasteiger charge is 2.15. The number of hydrogen-bond acceptors (Lipinski definition) is 1. The van der Waals surface area contributed by atoms with Gasteiger partial charge in [0.05, 0.1) is 0 Å². The van der Waals surface area contributed by atoms with Crippen molar-refractivity contribution in [3.63, 3.8) is 0 Å². The Morgan fingerprint density at radius 1 is 1.26 bits per heavy atom. The van der Waals surface area contributed by atoms with Gasteiger partial charge in [-0.3, -0.25) is 0 Å². The Morgan fingerprint density at radius 2 is 1.95 bits per heavy atom. The zero-order valence-corrected chi connectivity index (χ0v) is 12.8. The van der Waals surface area contributed by atoms with Gasteiger partial charge >= 0.3 is 0 Å². The summed E-state index contributed by atoms with van der Waals surface area (Å²) < 4.78 is 0. The van der Waals surface area contributed by atoms with Crippen LogP contribution in [0.2, 0.25) is 0 Å².